The SMILES string of the molecule is O=C(CCCCCCC(=O)Nc1ccc(C(C(=O)O)C(=O)O)cc1)NO. The van der Waals surface area contributed by atoms with Crippen LogP contribution in [0.1, 0.15) is 50.0 Å². The topological polar surface area (TPSA) is 153 Å². The lowest BCUT2D eigenvalue weighted by atomic mass is 9.99. The molecule has 0 spiro atoms. The van der Waals surface area contributed by atoms with E-state index in [1.165, 1.54) is 24.3 Å². The molecule has 1 rings (SSSR count). The Morgan fingerprint density at radius 1 is 0.808 bits per heavy atom. The summed E-state index contributed by atoms with van der Waals surface area (Å²) < 4.78 is 0. The number of rotatable bonds is 11. The van der Waals surface area contributed by atoms with E-state index < -0.39 is 23.8 Å². The first-order chi connectivity index (χ1) is 12.3. The Morgan fingerprint density at radius 2 is 1.31 bits per heavy atom. The number of anilines is 1. The third kappa shape index (κ3) is 7.31. The highest BCUT2D eigenvalue weighted by molar-refractivity contribution is 5.99. The predicted octanol–water partition coefficient (Wildman–Crippen LogP) is 1.72. The maximum Gasteiger partial charge on any atom is 0.322 e. The molecule has 0 unspecified atom stereocenters. The predicted molar refractivity (Wildman–Crippen MR) is 90.7 cm³/mol. The van der Waals surface area contributed by atoms with E-state index in [4.69, 9.17) is 15.4 Å². The standard InChI is InChI=1S/C17H22N2O7/c20-13(5-3-1-2-4-6-14(21)19-26)18-12-9-7-11(8-10-12)15(16(22)23)17(24)25/h7-10,15,26H,1-6H2,(H,18,20)(H,19,21)(H,22,23)(H,24,25). The maximum atomic E-state index is 11.8. The number of hydroxylamine groups is 1. The minimum Gasteiger partial charge on any atom is -0.480 e. The molecule has 0 radical (unpaired) electrons. The number of hydrogen-bond acceptors (Lipinski definition) is 5. The molecule has 0 aliphatic heterocycles. The van der Waals surface area contributed by atoms with Gasteiger partial charge in [0.25, 0.3) is 0 Å². The Labute approximate surface area is 150 Å². The number of carboxylic acids is 2. The van der Waals surface area contributed by atoms with Crippen molar-refractivity contribution < 1.29 is 34.6 Å². The van der Waals surface area contributed by atoms with Gasteiger partial charge in [-0.15, -0.1) is 0 Å². The quantitative estimate of drug-likeness (QED) is 0.173. The zero-order valence-electron chi connectivity index (χ0n) is 14.1. The van der Waals surface area contributed by atoms with Gasteiger partial charge in [-0.3, -0.25) is 24.4 Å². The summed E-state index contributed by atoms with van der Waals surface area (Å²) >= 11 is 0. The van der Waals surface area contributed by atoms with Crippen LogP contribution in [-0.4, -0.2) is 39.2 Å². The lowest BCUT2D eigenvalue weighted by Gasteiger charge is -2.09. The van der Waals surface area contributed by atoms with Crippen molar-refractivity contribution in [2.75, 3.05) is 5.32 Å². The van der Waals surface area contributed by atoms with Crippen molar-refractivity contribution in [1.82, 2.24) is 5.48 Å². The van der Waals surface area contributed by atoms with Crippen LogP contribution in [0.25, 0.3) is 0 Å². The maximum absolute atomic E-state index is 11.8. The van der Waals surface area contributed by atoms with Gasteiger partial charge >= 0.3 is 11.9 Å². The average Bonchev–Trinajstić information content (AvgIpc) is 2.58. The molecule has 9 heteroatoms. The Kier molecular flexibility index (Phi) is 8.79. The van der Waals surface area contributed by atoms with Gasteiger partial charge in [-0.05, 0) is 30.5 Å². The van der Waals surface area contributed by atoms with Crippen LogP contribution in [0, 0.1) is 0 Å². The number of amides is 2. The number of hydrogen-bond donors (Lipinski definition) is 5. The first kappa shape index (κ1) is 21.1. The number of carboxylic acid groups (broad SMARTS) is 2. The Bertz CT molecular complexity index is 629. The van der Waals surface area contributed by atoms with Crippen molar-refractivity contribution in [3.05, 3.63) is 29.8 Å². The monoisotopic (exact) mass is 366 g/mol. The summed E-state index contributed by atoms with van der Waals surface area (Å²) in [6, 6.07) is 5.63. The molecular formula is C17H22N2O7. The van der Waals surface area contributed by atoms with E-state index in [-0.39, 0.29) is 17.9 Å². The number of carbonyl (C=O) groups excluding carboxylic acids is 2. The average molecular weight is 366 g/mol. The van der Waals surface area contributed by atoms with Crippen molar-refractivity contribution in [3.8, 4) is 0 Å². The molecule has 2 amide bonds. The number of nitrogens with one attached hydrogen (secondary N) is 2. The van der Waals surface area contributed by atoms with E-state index in [0.29, 0.717) is 24.9 Å². The van der Waals surface area contributed by atoms with Crippen LogP contribution in [0.4, 0.5) is 5.69 Å². The number of carbonyl (C=O) groups is 4. The second kappa shape index (κ2) is 10.8. The third-order valence-electron chi connectivity index (χ3n) is 3.70. The van der Waals surface area contributed by atoms with Crippen molar-refractivity contribution in [2.24, 2.45) is 0 Å². The largest absolute Gasteiger partial charge is 0.480 e. The van der Waals surface area contributed by atoms with Gasteiger partial charge in [-0.2, -0.15) is 0 Å². The molecule has 26 heavy (non-hydrogen) atoms. The molecule has 0 fully saturated rings. The molecule has 142 valence electrons. The van der Waals surface area contributed by atoms with E-state index in [9.17, 15) is 19.2 Å². The summed E-state index contributed by atoms with van der Waals surface area (Å²) in [6.45, 7) is 0. The van der Waals surface area contributed by atoms with Crippen LogP contribution >= 0.6 is 0 Å². The summed E-state index contributed by atoms with van der Waals surface area (Å²) in [6.07, 6.45) is 3.34. The molecule has 9 nitrogen and oxygen atoms in total. The zero-order chi connectivity index (χ0) is 19.5. The Hall–Kier alpha value is -2.94. The highest BCUT2D eigenvalue weighted by atomic mass is 16.5. The second-order valence-electron chi connectivity index (χ2n) is 5.73. The van der Waals surface area contributed by atoms with Gasteiger partial charge in [0.05, 0.1) is 0 Å². The lowest BCUT2D eigenvalue weighted by Crippen LogP contribution is -2.21. The molecule has 1 aromatic rings. The van der Waals surface area contributed by atoms with Gasteiger partial charge in [0, 0.05) is 18.5 Å². The Balaban J connectivity index is 2.37. The van der Waals surface area contributed by atoms with Gasteiger partial charge in [-0.25, -0.2) is 5.48 Å². The smallest absolute Gasteiger partial charge is 0.322 e. The summed E-state index contributed by atoms with van der Waals surface area (Å²) in [5, 5.41) is 28.9. The summed E-state index contributed by atoms with van der Waals surface area (Å²) in [5.74, 6) is -5.19. The molecule has 5 N–H and O–H groups in total. The summed E-state index contributed by atoms with van der Waals surface area (Å²) in [5.41, 5.74) is 2.13. The fraction of sp³-hybridized carbons (Fsp3) is 0.412. The first-order valence-electron chi connectivity index (χ1n) is 8.13. The van der Waals surface area contributed by atoms with Gasteiger partial charge in [0.1, 0.15) is 0 Å². The number of aliphatic carboxylic acids is 2. The highest BCUT2D eigenvalue weighted by Crippen LogP contribution is 2.19. The number of benzene rings is 1. The van der Waals surface area contributed by atoms with Crippen molar-refractivity contribution in [2.45, 2.75) is 44.4 Å². The van der Waals surface area contributed by atoms with E-state index in [0.717, 1.165) is 12.8 Å². The molecular weight excluding hydrogens is 344 g/mol. The van der Waals surface area contributed by atoms with Gasteiger partial charge in [0.15, 0.2) is 5.92 Å². The van der Waals surface area contributed by atoms with Crippen LogP contribution in [0.5, 0.6) is 0 Å². The normalized spacial score (nSPS) is 10.4. The molecule has 0 aromatic heterocycles. The minimum atomic E-state index is -1.65. The zero-order valence-corrected chi connectivity index (χ0v) is 14.1. The summed E-state index contributed by atoms with van der Waals surface area (Å²) in [4.78, 5) is 44.6. The molecule has 0 aliphatic rings. The van der Waals surface area contributed by atoms with Crippen molar-refractivity contribution in [1.29, 1.82) is 0 Å². The van der Waals surface area contributed by atoms with Crippen molar-refractivity contribution in [3.63, 3.8) is 0 Å². The van der Waals surface area contributed by atoms with Gasteiger partial charge in [0.2, 0.25) is 11.8 Å². The van der Waals surface area contributed by atoms with Gasteiger partial charge < -0.3 is 15.5 Å². The first-order valence-corrected chi connectivity index (χ1v) is 8.13. The van der Waals surface area contributed by atoms with E-state index in [1.54, 1.807) is 5.48 Å². The molecule has 1 aromatic carbocycles. The molecule has 0 heterocycles. The highest BCUT2D eigenvalue weighted by Gasteiger charge is 2.27. The Morgan fingerprint density at radius 3 is 1.77 bits per heavy atom. The second-order valence-corrected chi connectivity index (χ2v) is 5.73. The van der Waals surface area contributed by atoms with Crippen LogP contribution in [0.15, 0.2) is 24.3 Å². The van der Waals surface area contributed by atoms with Crippen LogP contribution in [0.2, 0.25) is 0 Å². The van der Waals surface area contributed by atoms with Crippen molar-refractivity contribution >= 4 is 29.4 Å². The van der Waals surface area contributed by atoms with Crippen LogP contribution < -0.4 is 10.8 Å². The van der Waals surface area contributed by atoms with E-state index in [2.05, 4.69) is 5.32 Å². The third-order valence-corrected chi connectivity index (χ3v) is 3.70. The molecule has 0 bridgehead atoms. The molecule has 0 atom stereocenters. The van der Waals surface area contributed by atoms with Crippen LogP contribution in [0.3, 0.4) is 0 Å². The van der Waals surface area contributed by atoms with Gasteiger partial charge in [-0.1, -0.05) is 25.0 Å². The van der Waals surface area contributed by atoms with E-state index >= 15 is 0 Å². The fourth-order valence-electron chi connectivity index (χ4n) is 2.35. The molecule has 0 saturated carbocycles. The fourth-order valence-corrected chi connectivity index (χ4v) is 2.35. The minimum absolute atomic E-state index is 0.120. The van der Waals surface area contributed by atoms with Crippen LogP contribution in [-0.2, 0) is 19.2 Å². The lowest BCUT2D eigenvalue weighted by molar-refractivity contribution is -0.150. The molecule has 0 aliphatic carbocycles. The summed E-state index contributed by atoms with van der Waals surface area (Å²) in [7, 11) is 0. The number of unbranched alkanes of at least 4 members (excludes halogenated alkanes) is 3. The van der Waals surface area contributed by atoms with E-state index in [1.807, 2.05) is 0 Å². The molecule has 0 saturated heterocycles.